The molecule has 0 aliphatic carbocycles. The van der Waals surface area contributed by atoms with Crippen LogP contribution in [0.4, 0.5) is 18.0 Å². The highest BCUT2D eigenvalue weighted by atomic mass is 19.2. The average Bonchev–Trinajstić information content (AvgIpc) is 2.49. The number of carboxylic acids is 1. The van der Waals surface area contributed by atoms with Gasteiger partial charge in [-0.3, -0.25) is 4.79 Å². The number of ether oxygens (including phenoxy) is 1. The molecule has 1 amide bonds. The number of carbonyl (C=O) groups excluding carboxylic acids is 1. The first-order chi connectivity index (χ1) is 10.3. The number of likely N-dealkylation sites (tertiary alicyclic amines) is 1. The molecule has 2 atom stereocenters. The van der Waals surface area contributed by atoms with Crippen molar-refractivity contribution in [2.45, 2.75) is 18.9 Å². The van der Waals surface area contributed by atoms with Crippen LogP contribution in [0.25, 0.3) is 0 Å². The van der Waals surface area contributed by atoms with E-state index in [2.05, 4.69) is 4.74 Å². The Bertz CT molecular complexity index is 608. The Kier molecular flexibility index (Phi) is 4.58. The maximum atomic E-state index is 14.0. The van der Waals surface area contributed by atoms with Gasteiger partial charge in [0.05, 0.1) is 19.1 Å². The van der Waals surface area contributed by atoms with Gasteiger partial charge in [0.25, 0.3) is 0 Å². The monoisotopic (exact) mass is 317 g/mol. The molecule has 0 saturated carbocycles. The molecular weight excluding hydrogens is 303 g/mol. The molecule has 120 valence electrons. The van der Waals surface area contributed by atoms with Gasteiger partial charge in [-0.2, -0.15) is 0 Å². The summed E-state index contributed by atoms with van der Waals surface area (Å²) in [6.07, 6.45) is -0.712. The van der Waals surface area contributed by atoms with Crippen LogP contribution in [0.15, 0.2) is 12.1 Å². The van der Waals surface area contributed by atoms with Crippen LogP contribution in [-0.2, 0) is 9.53 Å². The largest absolute Gasteiger partial charge is 0.481 e. The summed E-state index contributed by atoms with van der Waals surface area (Å²) in [5, 5.41) is 9.09. The SMILES string of the molecule is COC(=O)N1CCC(C(=O)O)CC1c1cc(F)c(F)cc1F. The van der Waals surface area contributed by atoms with E-state index in [0.29, 0.717) is 12.1 Å². The second-order valence-corrected chi connectivity index (χ2v) is 5.03. The number of carboxylic acid groups (broad SMARTS) is 1. The number of rotatable bonds is 2. The van der Waals surface area contributed by atoms with Crippen molar-refractivity contribution in [3.8, 4) is 0 Å². The lowest BCUT2D eigenvalue weighted by Gasteiger charge is -2.37. The minimum Gasteiger partial charge on any atom is -0.481 e. The number of piperidine rings is 1. The van der Waals surface area contributed by atoms with Crippen molar-refractivity contribution in [2.75, 3.05) is 13.7 Å². The van der Waals surface area contributed by atoms with Crippen LogP contribution < -0.4 is 0 Å². The fourth-order valence-electron chi connectivity index (χ4n) is 2.61. The van der Waals surface area contributed by atoms with Gasteiger partial charge in [0.15, 0.2) is 11.6 Å². The topological polar surface area (TPSA) is 66.8 Å². The Morgan fingerprint density at radius 2 is 1.86 bits per heavy atom. The molecule has 1 aromatic rings. The van der Waals surface area contributed by atoms with Crippen LogP contribution >= 0.6 is 0 Å². The number of hydrogen-bond acceptors (Lipinski definition) is 3. The molecule has 0 spiro atoms. The fourth-order valence-corrected chi connectivity index (χ4v) is 2.61. The van der Waals surface area contributed by atoms with E-state index in [9.17, 15) is 22.8 Å². The normalized spacial score (nSPS) is 21.5. The lowest BCUT2D eigenvalue weighted by molar-refractivity contribution is -0.144. The summed E-state index contributed by atoms with van der Waals surface area (Å²) in [6, 6.07) is -0.00240. The molecule has 0 bridgehead atoms. The minimum atomic E-state index is -1.35. The molecule has 1 aromatic carbocycles. The molecule has 0 radical (unpaired) electrons. The molecule has 5 nitrogen and oxygen atoms in total. The van der Waals surface area contributed by atoms with Gasteiger partial charge in [-0.1, -0.05) is 0 Å². The third-order valence-electron chi connectivity index (χ3n) is 3.76. The highest BCUT2D eigenvalue weighted by Crippen LogP contribution is 2.36. The predicted molar refractivity (Wildman–Crippen MR) is 68.5 cm³/mol. The summed E-state index contributed by atoms with van der Waals surface area (Å²) in [5.74, 6) is -5.55. The summed E-state index contributed by atoms with van der Waals surface area (Å²) in [4.78, 5) is 24.0. The minimum absolute atomic E-state index is 0.0206. The van der Waals surface area contributed by atoms with Gasteiger partial charge in [0.2, 0.25) is 0 Å². The maximum absolute atomic E-state index is 14.0. The highest BCUT2D eigenvalue weighted by Gasteiger charge is 2.37. The third-order valence-corrected chi connectivity index (χ3v) is 3.76. The van der Waals surface area contributed by atoms with Crippen molar-refractivity contribution in [3.63, 3.8) is 0 Å². The van der Waals surface area contributed by atoms with Crippen molar-refractivity contribution in [3.05, 3.63) is 35.1 Å². The summed E-state index contributed by atoms with van der Waals surface area (Å²) in [5.41, 5.74) is -0.268. The van der Waals surface area contributed by atoms with E-state index >= 15 is 0 Å². The molecule has 22 heavy (non-hydrogen) atoms. The number of carbonyl (C=O) groups is 2. The van der Waals surface area contributed by atoms with Crippen LogP contribution in [0.1, 0.15) is 24.4 Å². The Morgan fingerprint density at radius 1 is 1.23 bits per heavy atom. The van der Waals surface area contributed by atoms with E-state index < -0.39 is 41.5 Å². The maximum Gasteiger partial charge on any atom is 0.409 e. The quantitative estimate of drug-likeness (QED) is 0.852. The Labute approximate surface area is 124 Å². The predicted octanol–water partition coefficient (Wildman–Crippen LogP) is 2.71. The van der Waals surface area contributed by atoms with Crippen LogP contribution in [-0.4, -0.2) is 35.7 Å². The zero-order valence-corrected chi connectivity index (χ0v) is 11.7. The van der Waals surface area contributed by atoms with Crippen LogP contribution in [0.3, 0.4) is 0 Å². The second-order valence-electron chi connectivity index (χ2n) is 5.03. The average molecular weight is 317 g/mol. The van der Waals surface area contributed by atoms with Gasteiger partial charge in [-0.25, -0.2) is 18.0 Å². The number of methoxy groups -OCH3 is 1. The molecule has 0 aromatic heterocycles. The zero-order chi connectivity index (χ0) is 16.4. The van der Waals surface area contributed by atoms with Crippen molar-refractivity contribution < 1.29 is 32.6 Å². The van der Waals surface area contributed by atoms with E-state index in [4.69, 9.17) is 5.11 Å². The number of nitrogens with zero attached hydrogens (tertiary/aromatic N) is 1. The first-order valence-electron chi connectivity index (χ1n) is 6.57. The van der Waals surface area contributed by atoms with Gasteiger partial charge >= 0.3 is 12.1 Å². The first-order valence-corrected chi connectivity index (χ1v) is 6.57. The standard InChI is InChI=1S/C14H14F3NO4/c1-22-14(21)18-3-2-7(13(19)20)4-12(18)8-5-10(16)11(17)6-9(8)15/h5-7,12H,2-4H2,1H3,(H,19,20). The molecule has 8 heteroatoms. The summed E-state index contributed by atoms with van der Waals surface area (Å²) in [7, 11) is 1.13. The van der Waals surface area contributed by atoms with Crippen LogP contribution in [0.5, 0.6) is 0 Å². The zero-order valence-electron chi connectivity index (χ0n) is 11.7. The summed E-state index contributed by atoms with van der Waals surface area (Å²) in [6.45, 7) is 0.0206. The van der Waals surface area contributed by atoms with Crippen molar-refractivity contribution >= 4 is 12.1 Å². The van der Waals surface area contributed by atoms with Gasteiger partial charge < -0.3 is 14.7 Å². The molecular formula is C14H14F3NO4. The molecule has 2 rings (SSSR count). The van der Waals surface area contributed by atoms with Gasteiger partial charge in [-0.05, 0) is 18.9 Å². The van der Waals surface area contributed by atoms with Crippen molar-refractivity contribution in [1.82, 2.24) is 4.90 Å². The number of aliphatic carboxylic acids is 1. The fraction of sp³-hybridized carbons (Fsp3) is 0.429. The molecule has 1 aliphatic rings. The van der Waals surface area contributed by atoms with Crippen LogP contribution in [0.2, 0.25) is 0 Å². The van der Waals surface area contributed by atoms with E-state index in [1.165, 1.54) is 0 Å². The molecule has 1 aliphatic heterocycles. The Morgan fingerprint density at radius 3 is 2.45 bits per heavy atom. The Balaban J connectivity index is 2.42. The third kappa shape index (κ3) is 3.00. The molecule has 1 saturated heterocycles. The lowest BCUT2D eigenvalue weighted by atomic mass is 9.87. The number of halogens is 3. The van der Waals surface area contributed by atoms with Gasteiger partial charge in [0, 0.05) is 18.2 Å². The lowest BCUT2D eigenvalue weighted by Crippen LogP contribution is -2.43. The summed E-state index contributed by atoms with van der Waals surface area (Å²) < 4.78 is 45.0. The number of benzene rings is 1. The highest BCUT2D eigenvalue weighted by molar-refractivity contribution is 5.72. The Hall–Kier alpha value is -2.25. The summed E-state index contributed by atoms with van der Waals surface area (Å²) >= 11 is 0. The van der Waals surface area contributed by atoms with Gasteiger partial charge in [0.1, 0.15) is 5.82 Å². The first kappa shape index (κ1) is 16.1. The van der Waals surface area contributed by atoms with E-state index in [-0.39, 0.29) is 24.9 Å². The number of amides is 1. The molecule has 1 heterocycles. The van der Waals surface area contributed by atoms with E-state index in [1.54, 1.807) is 0 Å². The molecule has 1 N–H and O–H groups in total. The van der Waals surface area contributed by atoms with Gasteiger partial charge in [-0.15, -0.1) is 0 Å². The van der Waals surface area contributed by atoms with Crippen molar-refractivity contribution in [2.24, 2.45) is 5.92 Å². The van der Waals surface area contributed by atoms with E-state index in [1.807, 2.05) is 0 Å². The molecule has 2 unspecified atom stereocenters. The second kappa shape index (κ2) is 6.25. The smallest absolute Gasteiger partial charge is 0.409 e. The van der Waals surface area contributed by atoms with Crippen LogP contribution in [0, 0.1) is 23.4 Å². The molecule has 1 fully saturated rings. The van der Waals surface area contributed by atoms with Crippen molar-refractivity contribution in [1.29, 1.82) is 0 Å². The number of hydrogen-bond donors (Lipinski definition) is 1. The van der Waals surface area contributed by atoms with E-state index in [0.717, 1.165) is 12.0 Å².